The van der Waals surface area contributed by atoms with Gasteiger partial charge in [0.2, 0.25) is 11.8 Å². The lowest BCUT2D eigenvalue weighted by atomic mass is 9.80. The fourth-order valence-electron chi connectivity index (χ4n) is 2.01. The average molecular weight is 239 g/mol. The topological polar surface area (TPSA) is 54.5 Å². The normalized spacial score (nSPS) is 21.2. The third-order valence-electron chi connectivity index (χ3n) is 3.30. The standard InChI is InChI=1S/C13H21NO3/c1-5-9(15)6-7-14-11(16)8-10(12(14)17)13(2,3)4/h10H,5-8H2,1-4H3. The molecule has 1 heterocycles. The molecule has 17 heavy (non-hydrogen) atoms. The lowest BCUT2D eigenvalue weighted by Crippen LogP contribution is -2.35. The zero-order chi connectivity index (χ0) is 13.2. The Labute approximate surface area is 102 Å². The van der Waals surface area contributed by atoms with E-state index in [1.807, 2.05) is 20.8 Å². The van der Waals surface area contributed by atoms with E-state index < -0.39 is 0 Å². The third kappa shape index (κ3) is 3.14. The highest BCUT2D eigenvalue weighted by Crippen LogP contribution is 2.35. The Bertz CT molecular complexity index is 341. The zero-order valence-corrected chi connectivity index (χ0v) is 11.1. The SMILES string of the molecule is CCC(=O)CCN1C(=O)CC(C(C)(C)C)C1=O. The number of hydrogen-bond donors (Lipinski definition) is 0. The maximum absolute atomic E-state index is 12.1. The first-order chi connectivity index (χ1) is 7.77. The molecule has 0 spiro atoms. The van der Waals surface area contributed by atoms with E-state index in [1.54, 1.807) is 6.92 Å². The van der Waals surface area contributed by atoms with Gasteiger partial charge in [0.25, 0.3) is 0 Å². The molecular weight excluding hydrogens is 218 g/mol. The summed E-state index contributed by atoms with van der Waals surface area (Å²) >= 11 is 0. The molecule has 0 saturated carbocycles. The number of hydrogen-bond acceptors (Lipinski definition) is 3. The first kappa shape index (κ1) is 13.9. The van der Waals surface area contributed by atoms with Crippen molar-refractivity contribution in [1.82, 2.24) is 4.90 Å². The molecule has 0 bridgehead atoms. The molecule has 0 aromatic rings. The second-order valence-electron chi connectivity index (χ2n) is 5.65. The van der Waals surface area contributed by atoms with Crippen LogP contribution in [0.5, 0.6) is 0 Å². The van der Waals surface area contributed by atoms with Crippen molar-refractivity contribution in [1.29, 1.82) is 0 Å². The minimum Gasteiger partial charge on any atom is -0.300 e. The van der Waals surface area contributed by atoms with E-state index in [4.69, 9.17) is 0 Å². The summed E-state index contributed by atoms with van der Waals surface area (Å²) in [6, 6.07) is 0. The molecule has 1 rings (SSSR count). The summed E-state index contributed by atoms with van der Waals surface area (Å²) in [5.41, 5.74) is -0.198. The highest BCUT2D eigenvalue weighted by Gasteiger charge is 2.44. The maximum Gasteiger partial charge on any atom is 0.233 e. The van der Waals surface area contributed by atoms with Gasteiger partial charge in [-0.3, -0.25) is 19.3 Å². The molecule has 96 valence electrons. The van der Waals surface area contributed by atoms with Gasteiger partial charge in [0, 0.05) is 25.8 Å². The molecule has 0 aromatic carbocycles. The Hall–Kier alpha value is -1.19. The Balaban J connectivity index is 2.67. The van der Waals surface area contributed by atoms with Gasteiger partial charge >= 0.3 is 0 Å². The maximum atomic E-state index is 12.1. The summed E-state index contributed by atoms with van der Waals surface area (Å²) in [7, 11) is 0. The molecule has 0 aromatic heterocycles. The van der Waals surface area contributed by atoms with Crippen molar-refractivity contribution in [3.8, 4) is 0 Å². The van der Waals surface area contributed by atoms with Crippen LogP contribution in [-0.2, 0) is 14.4 Å². The van der Waals surface area contributed by atoms with Gasteiger partial charge in [-0.25, -0.2) is 0 Å². The summed E-state index contributed by atoms with van der Waals surface area (Å²) in [6.45, 7) is 7.92. The Morgan fingerprint density at radius 3 is 2.35 bits per heavy atom. The minimum atomic E-state index is -0.244. The van der Waals surface area contributed by atoms with Crippen LogP contribution in [0.1, 0.15) is 47.0 Å². The van der Waals surface area contributed by atoms with Crippen LogP contribution in [0.3, 0.4) is 0 Å². The van der Waals surface area contributed by atoms with Crippen LogP contribution in [-0.4, -0.2) is 29.0 Å². The van der Waals surface area contributed by atoms with E-state index in [0.717, 1.165) is 0 Å². The molecule has 2 amide bonds. The van der Waals surface area contributed by atoms with E-state index in [-0.39, 0.29) is 48.3 Å². The van der Waals surface area contributed by atoms with Crippen molar-refractivity contribution >= 4 is 17.6 Å². The molecule has 4 heteroatoms. The van der Waals surface area contributed by atoms with E-state index in [1.165, 1.54) is 4.90 Å². The van der Waals surface area contributed by atoms with Gasteiger partial charge in [0.05, 0.1) is 5.92 Å². The number of ketones is 1. The van der Waals surface area contributed by atoms with Gasteiger partial charge in [-0.2, -0.15) is 0 Å². The van der Waals surface area contributed by atoms with Crippen molar-refractivity contribution in [2.45, 2.75) is 47.0 Å². The van der Waals surface area contributed by atoms with Gasteiger partial charge in [-0.15, -0.1) is 0 Å². The fraction of sp³-hybridized carbons (Fsp3) is 0.769. The van der Waals surface area contributed by atoms with Gasteiger partial charge in [-0.05, 0) is 5.41 Å². The van der Waals surface area contributed by atoms with Crippen molar-refractivity contribution in [2.75, 3.05) is 6.54 Å². The van der Waals surface area contributed by atoms with E-state index in [2.05, 4.69) is 0 Å². The molecule has 0 N–H and O–H groups in total. The van der Waals surface area contributed by atoms with Gasteiger partial charge in [0.15, 0.2) is 0 Å². The molecular formula is C13H21NO3. The number of carbonyl (C=O) groups excluding carboxylic acids is 3. The second kappa shape index (κ2) is 4.98. The Morgan fingerprint density at radius 1 is 1.35 bits per heavy atom. The van der Waals surface area contributed by atoms with Crippen LogP contribution < -0.4 is 0 Å². The van der Waals surface area contributed by atoms with E-state index in [9.17, 15) is 14.4 Å². The van der Waals surface area contributed by atoms with Gasteiger partial charge in [0.1, 0.15) is 5.78 Å². The van der Waals surface area contributed by atoms with Crippen molar-refractivity contribution in [3.05, 3.63) is 0 Å². The van der Waals surface area contributed by atoms with Crippen LogP contribution >= 0.6 is 0 Å². The van der Waals surface area contributed by atoms with Crippen molar-refractivity contribution in [2.24, 2.45) is 11.3 Å². The number of likely N-dealkylation sites (tertiary alicyclic amines) is 1. The summed E-state index contributed by atoms with van der Waals surface area (Å²) < 4.78 is 0. The van der Waals surface area contributed by atoms with Crippen LogP contribution in [0, 0.1) is 11.3 Å². The molecule has 1 unspecified atom stereocenters. The van der Waals surface area contributed by atoms with E-state index >= 15 is 0 Å². The van der Waals surface area contributed by atoms with Crippen LogP contribution in [0.2, 0.25) is 0 Å². The number of nitrogens with zero attached hydrogens (tertiary/aromatic N) is 1. The highest BCUT2D eigenvalue weighted by atomic mass is 16.2. The monoisotopic (exact) mass is 239 g/mol. The smallest absolute Gasteiger partial charge is 0.233 e. The second-order valence-corrected chi connectivity index (χ2v) is 5.65. The predicted octanol–water partition coefficient (Wildman–Crippen LogP) is 1.78. The van der Waals surface area contributed by atoms with E-state index in [0.29, 0.717) is 6.42 Å². The lowest BCUT2D eigenvalue weighted by Gasteiger charge is -2.24. The summed E-state index contributed by atoms with van der Waals surface area (Å²) in [5.74, 6) is -0.415. The fourth-order valence-corrected chi connectivity index (χ4v) is 2.01. The average Bonchev–Trinajstić information content (AvgIpc) is 2.51. The zero-order valence-electron chi connectivity index (χ0n) is 11.1. The van der Waals surface area contributed by atoms with Crippen molar-refractivity contribution < 1.29 is 14.4 Å². The molecule has 0 radical (unpaired) electrons. The first-order valence-corrected chi connectivity index (χ1v) is 6.13. The van der Waals surface area contributed by atoms with Crippen LogP contribution in [0.25, 0.3) is 0 Å². The predicted molar refractivity (Wildman–Crippen MR) is 64.2 cm³/mol. The molecule has 1 aliphatic rings. The largest absolute Gasteiger partial charge is 0.300 e. The molecule has 0 aliphatic carbocycles. The lowest BCUT2D eigenvalue weighted by molar-refractivity contribution is -0.140. The molecule has 1 atom stereocenters. The quantitative estimate of drug-likeness (QED) is 0.703. The number of imide groups is 1. The molecule has 1 aliphatic heterocycles. The van der Waals surface area contributed by atoms with Crippen molar-refractivity contribution in [3.63, 3.8) is 0 Å². The van der Waals surface area contributed by atoms with Crippen LogP contribution in [0.4, 0.5) is 0 Å². The first-order valence-electron chi connectivity index (χ1n) is 6.13. The molecule has 4 nitrogen and oxygen atoms in total. The number of carbonyl (C=O) groups is 3. The number of amides is 2. The minimum absolute atomic E-state index is 0.0878. The molecule has 1 fully saturated rings. The highest BCUT2D eigenvalue weighted by molar-refractivity contribution is 6.04. The molecule has 1 saturated heterocycles. The summed E-state index contributed by atoms with van der Waals surface area (Å²) in [4.78, 5) is 36.3. The Kier molecular flexibility index (Phi) is 4.07. The summed E-state index contributed by atoms with van der Waals surface area (Å²) in [6.07, 6.45) is 1.02. The Morgan fingerprint density at radius 2 is 1.94 bits per heavy atom. The number of Topliss-reactive ketones (excluding diaryl/α,β-unsaturated/α-hetero) is 1. The number of rotatable bonds is 4. The van der Waals surface area contributed by atoms with Gasteiger partial charge in [-0.1, -0.05) is 27.7 Å². The third-order valence-corrected chi connectivity index (χ3v) is 3.30. The van der Waals surface area contributed by atoms with Crippen LogP contribution in [0.15, 0.2) is 0 Å². The van der Waals surface area contributed by atoms with Gasteiger partial charge < -0.3 is 0 Å². The summed E-state index contributed by atoms with van der Waals surface area (Å²) in [5, 5.41) is 0.